The number of halogens is 1. The molecule has 178 valence electrons. The maximum absolute atomic E-state index is 14.2. The van der Waals surface area contributed by atoms with Gasteiger partial charge in [0.15, 0.2) is 0 Å². The number of benzene rings is 1. The molecule has 0 saturated carbocycles. The summed E-state index contributed by atoms with van der Waals surface area (Å²) in [6.07, 6.45) is 3.41. The van der Waals surface area contributed by atoms with Crippen LogP contribution in [0.5, 0.6) is 0 Å². The van der Waals surface area contributed by atoms with Gasteiger partial charge in [0.25, 0.3) is 5.91 Å². The molecule has 0 aromatic heterocycles. The van der Waals surface area contributed by atoms with E-state index in [-0.39, 0.29) is 49.3 Å². The number of ether oxygens (including phenoxy) is 1. The van der Waals surface area contributed by atoms with Gasteiger partial charge in [-0.1, -0.05) is 29.8 Å². The molecule has 0 aliphatic carbocycles. The van der Waals surface area contributed by atoms with Gasteiger partial charge < -0.3 is 19.6 Å². The van der Waals surface area contributed by atoms with Crippen LogP contribution in [0.15, 0.2) is 36.9 Å². The Morgan fingerprint density at radius 1 is 1.42 bits per heavy atom. The number of hydrogen-bond acceptors (Lipinski definition) is 6. The van der Waals surface area contributed by atoms with Crippen molar-refractivity contribution in [2.75, 3.05) is 31.2 Å². The number of thioether (sulfide) groups is 1. The average Bonchev–Trinajstić information content (AvgIpc) is 3.44. The van der Waals surface area contributed by atoms with Gasteiger partial charge in [0, 0.05) is 24.9 Å². The first-order valence-corrected chi connectivity index (χ1v) is 12.6. The SMILES string of the molecule is C=CCN(C(=O)C1N(CCCO)C(=O)[C@@H]2[C@@H](C(=O)OCC)[C@H]3CCC12S3)c1ccccc1Cl. The lowest BCUT2D eigenvalue weighted by Gasteiger charge is -2.37. The molecule has 1 spiro atoms. The van der Waals surface area contributed by atoms with Gasteiger partial charge in [0.05, 0.1) is 33.9 Å². The van der Waals surface area contributed by atoms with Gasteiger partial charge in [0.2, 0.25) is 5.91 Å². The number of fused-ring (bicyclic) bond motifs is 1. The van der Waals surface area contributed by atoms with Gasteiger partial charge in [-0.2, -0.15) is 0 Å². The number of para-hydroxylation sites is 1. The first-order chi connectivity index (χ1) is 15.9. The number of aliphatic hydroxyl groups excluding tert-OH is 1. The molecule has 3 aliphatic heterocycles. The first-order valence-electron chi connectivity index (χ1n) is 11.3. The molecule has 2 amide bonds. The predicted molar refractivity (Wildman–Crippen MR) is 128 cm³/mol. The Morgan fingerprint density at radius 2 is 2.18 bits per heavy atom. The highest BCUT2D eigenvalue weighted by Gasteiger charge is 2.74. The molecule has 5 atom stereocenters. The van der Waals surface area contributed by atoms with Crippen LogP contribution < -0.4 is 4.90 Å². The van der Waals surface area contributed by atoms with Gasteiger partial charge in [-0.25, -0.2) is 0 Å². The highest BCUT2D eigenvalue weighted by Crippen LogP contribution is 2.66. The molecule has 3 heterocycles. The number of nitrogens with zero attached hydrogens (tertiary/aromatic N) is 2. The second-order valence-corrected chi connectivity index (χ2v) is 10.6. The molecule has 1 aromatic rings. The van der Waals surface area contributed by atoms with Crippen molar-refractivity contribution in [2.45, 2.75) is 42.2 Å². The predicted octanol–water partition coefficient (Wildman–Crippen LogP) is 2.90. The Hall–Kier alpha value is -2.03. The monoisotopic (exact) mass is 492 g/mol. The minimum atomic E-state index is -0.757. The van der Waals surface area contributed by atoms with Crippen molar-refractivity contribution >= 4 is 46.8 Å². The number of anilines is 1. The molecule has 3 fully saturated rings. The Kier molecular flexibility index (Phi) is 7.07. The quantitative estimate of drug-likeness (QED) is 0.421. The van der Waals surface area contributed by atoms with Gasteiger partial charge >= 0.3 is 5.97 Å². The summed E-state index contributed by atoms with van der Waals surface area (Å²) in [5.74, 6) is -1.97. The van der Waals surface area contributed by atoms with Gasteiger partial charge in [0.1, 0.15) is 6.04 Å². The lowest BCUT2D eigenvalue weighted by molar-refractivity contribution is -0.153. The zero-order chi connectivity index (χ0) is 23.8. The number of amides is 2. The molecule has 2 unspecified atom stereocenters. The van der Waals surface area contributed by atoms with E-state index in [1.54, 1.807) is 52.8 Å². The Bertz CT molecular complexity index is 959. The maximum atomic E-state index is 14.2. The summed E-state index contributed by atoms with van der Waals surface area (Å²) in [5, 5.41) is 9.84. The molecule has 0 radical (unpaired) electrons. The smallest absolute Gasteiger partial charge is 0.310 e. The molecule has 9 heteroatoms. The number of likely N-dealkylation sites (tertiary alicyclic amines) is 1. The van der Waals surface area contributed by atoms with E-state index in [0.717, 1.165) is 6.42 Å². The fourth-order valence-corrected chi connectivity index (χ4v) is 8.11. The molecule has 2 bridgehead atoms. The Labute approximate surface area is 203 Å². The molecule has 1 N–H and O–H groups in total. The fourth-order valence-electron chi connectivity index (χ4n) is 5.67. The number of carbonyl (C=O) groups excluding carboxylic acids is 3. The van der Waals surface area contributed by atoms with Crippen LogP contribution in [0.3, 0.4) is 0 Å². The summed E-state index contributed by atoms with van der Waals surface area (Å²) in [4.78, 5) is 43.9. The minimum Gasteiger partial charge on any atom is -0.466 e. The number of rotatable bonds is 9. The van der Waals surface area contributed by atoms with E-state index in [4.69, 9.17) is 16.3 Å². The van der Waals surface area contributed by atoms with Crippen LogP contribution in [0, 0.1) is 11.8 Å². The van der Waals surface area contributed by atoms with E-state index in [2.05, 4.69) is 6.58 Å². The maximum Gasteiger partial charge on any atom is 0.310 e. The molecule has 1 aromatic carbocycles. The van der Waals surface area contributed by atoms with Crippen molar-refractivity contribution in [2.24, 2.45) is 11.8 Å². The van der Waals surface area contributed by atoms with Crippen LogP contribution in [0.1, 0.15) is 26.2 Å². The lowest BCUT2D eigenvalue weighted by atomic mass is 9.71. The van der Waals surface area contributed by atoms with Crippen molar-refractivity contribution in [3.05, 3.63) is 41.9 Å². The zero-order valence-electron chi connectivity index (χ0n) is 18.6. The van der Waals surface area contributed by atoms with Crippen LogP contribution in [0.25, 0.3) is 0 Å². The molecular weight excluding hydrogens is 464 g/mol. The van der Waals surface area contributed by atoms with Crippen LogP contribution in [-0.4, -0.2) is 70.1 Å². The van der Waals surface area contributed by atoms with Crippen LogP contribution >= 0.6 is 23.4 Å². The Balaban J connectivity index is 1.77. The molecule has 7 nitrogen and oxygen atoms in total. The summed E-state index contributed by atoms with van der Waals surface area (Å²) in [6, 6.07) is 6.34. The van der Waals surface area contributed by atoms with Crippen LogP contribution in [0.2, 0.25) is 5.02 Å². The summed E-state index contributed by atoms with van der Waals surface area (Å²) in [5.41, 5.74) is 0.554. The van der Waals surface area contributed by atoms with Crippen LogP contribution in [-0.2, 0) is 19.1 Å². The third-order valence-electron chi connectivity index (χ3n) is 6.87. The van der Waals surface area contributed by atoms with Crippen molar-refractivity contribution in [3.8, 4) is 0 Å². The van der Waals surface area contributed by atoms with Crippen LogP contribution in [0.4, 0.5) is 5.69 Å². The van der Waals surface area contributed by atoms with Gasteiger partial charge in [-0.15, -0.1) is 18.3 Å². The van der Waals surface area contributed by atoms with E-state index >= 15 is 0 Å². The third-order valence-corrected chi connectivity index (χ3v) is 9.14. The average molecular weight is 493 g/mol. The third kappa shape index (κ3) is 3.86. The molecule has 3 saturated heterocycles. The lowest BCUT2D eigenvalue weighted by Crippen LogP contribution is -2.55. The normalized spacial score (nSPS) is 29.8. The topological polar surface area (TPSA) is 87.2 Å². The second kappa shape index (κ2) is 9.68. The summed E-state index contributed by atoms with van der Waals surface area (Å²) >= 11 is 8.03. The van der Waals surface area contributed by atoms with Gasteiger partial charge in [-0.3, -0.25) is 14.4 Å². The zero-order valence-corrected chi connectivity index (χ0v) is 20.2. The van der Waals surface area contributed by atoms with E-state index in [0.29, 0.717) is 23.6 Å². The summed E-state index contributed by atoms with van der Waals surface area (Å²) in [6.45, 7) is 6.18. The Morgan fingerprint density at radius 3 is 2.85 bits per heavy atom. The largest absolute Gasteiger partial charge is 0.466 e. The van der Waals surface area contributed by atoms with Crippen molar-refractivity contribution in [1.82, 2.24) is 4.90 Å². The fraction of sp³-hybridized carbons (Fsp3) is 0.542. The van der Waals surface area contributed by atoms with Crippen molar-refractivity contribution in [1.29, 1.82) is 0 Å². The highest BCUT2D eigenvalue weighted by molar-refractivity contribution is 8.02. The first kappa shape index (κ1) is 24.1. The second-order valence-electron chi connectivity index (χ2n) is 8.61. The molecule has 3 aliphatic rings. The van der Waals surface area contributed by atoms with E-state index in [1.807, 2.05) is 6.07 Å². The molecule has 4 rings (SSSR count). The number of hydrogen-bond donors (Lipinski definition) is 1. The number of aliphatic hydroxyl groups is 1. The number of carbonyl (C=O) groups is 3. The highest BCUT2D eigenvalue weighted by atomic mass is 35.5. The van der Waals surface area contributed by atoms with E-state index in [9.17, 15) is 19.5 Å². The van der Waals surface area contributed by atoms with Crippen molar-refractivity contribution in [3.63, 3.8) is 0 Å². The molecular formula is C24H29ClN2O5S. The van der Waals surface area contributed by atoms with Crippen molar-refractivity contribution < 1.29 is 24.2 Å². The van der Waals surface area contributed by atoms with Gasteiger partial charge in [-0.05, 0) is 38.3 Å². The summed E-state index contributed by atoms with van der Waals surface area (Å²) in [7, 11) is 0. The minimum absolute atomic E-state index is 0.0403. The number of esters is 1. The van der Waals surface area contributed by atoms with E-state index < -0.39 is 22.6 Å². The standard InChI is InChI=1S/C24H29ClN2O5S/c1-3-12-26(16-9-6-5-8-15(16)25)22(30)20-24-11-10-17(33-24)18(23(31)32-4-2)19(24)21(29)27(20)13-7-14-28/h3,5-6,8-9,17-20,28H,1,4,7,10-14H2,2H3/t17-,18+,19+,20?,24?/m1/s1. The summed E-state index contributed by atoms with van der Waals surface area (Å²) < 4.78 is 4.62. The van der Waals surface area contributed by atoms with E-state index in [1.165, 1.54) is 0 Å². The molecule has 33 heavy (non-hydrogen) atoms.